The van der Waals surface area contributed by atoms with Gasteiger partial charge in [-0.05, 0) is 55.3 Å². The van der Waals surface area contributed by atoms with E-state index in [1.165, 1.54) is 0 Å². The van der Waals surface area contributed by atoms with E-state index in [-0.39, 0.29) is 12.0 Å². The van der Waals surface area contributed by atoms with E-state index in [1.807, 2.05) is 6.07 Å². The normalized spacial score (nSPS) is 16.4. The van der Waals surface area contributed by atoms with E-state index >= 15 is 0 Å². The third kappa shape index (κ3) is 4.12. The number of carbonyl (C=O) groups is 1. The molecule has 5 heteroatoms. The summed E-state index contributed by atoms with van der Waals surface area (Å²) in [4.78, 5) is 12.2. The van der Waals surface area contributed by atoms with E-state index < -0.39 is 0 Å². The summed E-state index contributed by atoms with van der Waals surface area (Å²) < 4.78 is 11.2. The summed E-state index contributed by atoms with van der Waals surface area (Å²) in [6.45, 7) is 1.34. The van der Waals surface area contributed by atoms with Crippen LogP contribution in [0.5, 0.6) is 5.75 Å². The molecule has 1 amide bonds. The van der Waals surface area contributed by atoms with Crippen molar-refractivity contribution in [1.82, 2.24) is 0 Å². The first-order chi connectivity index (χ1) is 11.7. The molecule has 0 spiro atoms. The highest BCUT2D eigenvalue weighted by Crippen LogP contribution is 2.17. The second kappa shape index (κ2) is 7.62. The van der Waals surface area contributed by atoms with Crippen molar-refractivity contribution in [2.75, 3.05) is 18.5 Å². The molecule has 1 N–H and O–H groups in total. The van der Waals surface area contributed by atoms with E-state index in [9.17, 15) is 4.79 Å². The van der Waals surface area contributed by atoms with Crippen LogP contribution in [-0.2, 0) is 4.74 Å². The van der Waals surface area contributed by atoms with Crippen LogP contribution >= 0.6 is 0 Å². The Morgan fingerprint density at radius 2 is 2.12 bits per heavy atom. The standard InChI is InChI=1S/C19H18N2O3/c20-12-14-3-1-4-16(11-14)21-19(22)15-6-8-17(9-7-15)24-13-18-5-2-10-23-18/h1,3-4,6-9,11,18H,2,5,10,13H2,(H,21,22). The number of amides is 1. The topological polar surface area (TPSA) is 71.4 Å². The molecule has 0 radical (unpaired) electrons. The summed E-state index contributed by atoms with van der Waals surface area (Å²) in [5.41, 5.74) is 1.63. The molecular weight excluding hydrogens is 304 g/mol. The highest BCUT2D eigenvalue weighted by atomic mass is 16.5. The molecule has 1 aliphatic rings. The number of hydrogen-bond acceptors (Lipinski definition) is 4. The van der Waals surface area contributed by atoms with E-state index in [0.29, 0.717) is 29.2 Å². The van der Waals surface area contributed by atoms with Crippen LogP contribution in [0.25, 0.3) is 0 Å². The molecule has 2 aromatic rings. The van der Waals surface area contributed by atoms with Gasteiger partial charge in [-0.25, -0.2) is 0 Å². The fraction of sp³-hybridized carbons (Fsp3) is 0.263. The lowest BCUT2D eigenvalue weighted by molar-refractivity contribution is 0.0679. The zero-order valence-electron chi connectivity index (χ0n) is 13.2. The van der Waals surface area contributed by atoms with E-state index in [4.69, 9.17) is 14.7 Å². The Bertz CT molecular complexity index is 744. The summed E-state index contributed by atoms with van der Waals surface area (Å²) >= 11 is 0. The van der Waals surface area contributed by atoms with Crippen molar-refractivity contribution in [2.24, 2.45) is 0 Å². The van der Waals surface area contributed by atoms with Crippen LogP contribution in [0.4, 0.5) is 5.69 Å². The molecule has 1 aliphatic heterocycles. The van der Waals surface area contributed by atoms with Gasteiger partial charge in [0.1, 0.15) is 12.4 Å². The van der Waals surface area contributed by atoms with Crippen LogP contribution in [-0.4, -0.2) is 25.2 Å². The minimum Gasteiger partial charge on any atom is -0.491 e. The Balaban J connectivity index is 1.57. The minimum absolute atomic E-state index is 0.167. The van der Waals surface area contributed by atoms with Crippen molar-refractivity contribution in [2.45, 2.75) is 18.9 Å². The van der Waals surface area contributed by atoms with Crippen LogP contribution < -0.4 is 10.1 Å². The lowest BCUT2D eigenvalue weighted by atomic mass is 10.2. The quantitative estimate of drug-likeness (QED) is 0.916. The fourth-order valence-electron chi connectivity index (χ4n) is 2.54. The van der Waals surface area contributed by atoms with Gasteiger partial charge in [0, 0.05) is 17.9 Å². The molecule has 0 aromatic heterocycles. The second-order valence-corrected chi connectivity index (χ2v) is 5.62. The molecule has 1 unspecified atom stereocenters. The lowest BCUT2D eigenvalue weighted by Crippen LogP contribution is -2.16. The third-order valence-electron chi connectivity index (χ3n) is 3.83. The summed E-state index contributed by atoms with van der Waals surface area (Å²) in [6.07, 6.45) is 2.28. The first-order valence-electron chi connectivity index (χ1n) is 7.90. The summed E-state index contributed by atoms with van der Waals surface area (Å²) in [5, 5.41) is 11.7. The van der Waals surface area contributed by atoms with Crippen molar-refractivity contribution in [1.29, 1.82) is 5.26 Å². The molecule has 1 heterocycles. The number of nitrogens with one attached hydrogen (secondary N) is 1. The maximum Gasteiger partial charge on any atom is 0.255 e. The Morgan fingerprint density at radius 1 is 1.29 bits per heavy atom. The van der Waals surface area contributed by atoms with Gasteiger partial charge in [-0.15, -0.1) is 0 Å². The van der Waals surface area contributed by atoms with Crippen molar-refractivity contribution < 1.29 is 14.3 Å². The maximum absolute atomic E-state index is 12.2. The smallest absolute Gasteiger partial charge is 0.255 e. The van der Waals surface area contributed by atoms with E-state index in [0.717, 1.165) is 19.4 Å². The van der Waals surface area contributed by atoms with Gasteiger partial charge in [-0.1, -0.05) is 6.07 Å². The third-order valence-corrected chi connectivity index (χ3v) is 3.83. The van der Waals surface area contributed by atoms with Gasteiger partial charge < -0.3 is 14.8 Å². The number of nitriles is 1. The molecule has 0 bridgehead atoms. The molecule has 5 nitrogen and oxygen atoms in total. The zero-order chi connectivity index (χ0) is 16.8. The average Bonchev–Trinajstić information content (AvgIpc) is 3.14. The van der Waals surface area contributed by atoms with Crippen molar-refractivity contribution in [3.05, 3.63) is 59.7 Å². The van der Waals surface area contributed by atoms with E-state index in [2.05, 4.69) is 5.32 Å². The summed E-state index contributed by atoms with van der Waals surface area (Å²) in [5.74, 6) is 0.490. The average molecular weight is 322 g/mol. The number of rotatable bonds is 5. The first-order valence-corrected chi connectivity index (χ1v) is 7.90. The summed E-state index contributed by atoms with van der Waals surface area (Å²) in [7, 11) is 0. The van der Waals surface area contributed by atoms with Crippen LogP contribution in [0.3, 0.4) is 0 Å². The summed E-state index contributed by atoms with van der Waals surface area (Å²) in [6, 6.07) is 15.8. The number of ether oxygens (including phenoxy) is 2. The van der Waals surface area contributed by atoms with Crippen molar-refractivity contribution in [3.8, 4) is 11.8 Å². The van der Waals surface area contributed by atoms with Crippen molar-refractivity contribution in [3.63, 3.8) is 0 Å². The number of carbonyl (C=O) groups excluding carboxylic acids is 1. The Hall–Kier alpha value is -2.84. The second-order valence-electron chi connectivity index (χ2n) is 5.62. The highest BCUT2D eigenvalue weighted by molar-refractivity contribution is 6.04. The lowest BCUT2D eigenvalue weighted by Gasteiger charge is -2.12. The van der Waals surface area contributed by atoms with Crippen LogP contribution in [0.1, 0.15) is 28.8 Å². The van der Waals surface area contributed by atoms with Gasteiger partial charge in [0.05, 0.1) is 17.7 Å². The predicted molar refractivity (Wildman–Crippen MR) is 90.0 cm³/mol. The maximum atomic E-state index is 12.2. The van der Waals surface area contributed by atoms with Crippen LogP contribution in [0.2, 0.25) is 0 Å². The van der Waals surface area contributed by atoms with Crippen LogP contribution in [0, 0.1) is 11.3 Å². The predicted octanol–water partition coefficient (Wildman–Crippen LogP) is 3.37. The van der Waals surface area contributed by atoms with Crippen LogP contribution in [0.15, 0.2) is 48.5 Å². The monoisotopic (exact) mass is 322 g/mol. The van der Waals surface area contributed by atoms with E-state index in [1.54, 1.807) is 48.5 Å². The molecular formula is C19H18N2O3. The molecule has 2 aromatic carbocycles. The number of hydrogen-bond donors (Lipinski definition) is 1. The molecule has 1 atom stereocenters. The first kappa shape index (κ1) is 16.0. The molecule has 0 saturated carbocycles. The van der Waals surface area contributed by atoms with Crippen molar-refractivity contribution >= 4 is 11.6 Å². The number of nitrogens with zero attached hydrogens (tertiary/aromatic N) is 1. The molecule has 122 valence electrons. The number of benzene rings is 2. The van der Waals surface area contributed by atoms with Gasteiger partial charge in [0.15, 0.2) is 0 Å². The Kier molecular flexibility index (Phi) is 5.09. The molecule has 1 fully saturated rings. The van der Waals surface area contributed by atoms with Gasteiger partial charge in [-0.3, -0.25) is 4.79 Å². The van der Waals surface area contributed by atoms with Gasteiger partial charge in [-0.2, -0.15) is 5.26 Å². The molecule has 1 saturated heterocycles. The largest absolute Gasteiger partial charge is 0.491 e. The molecule has 3 rings (SSSR count). The fourth-order valence-corrected chi connectivity index (χ4v) is 2.54. The highest BCUT2D eigenvalue weighted by Gasteiger charge is 2.16. The minimum atomic E-state index is -0.226. The SMILES string of the molecule is N#Cc1cccc(NC(=O)c2ccc(OCC3CCCO3)cc2)c1. The number of anilines is 1. The Morgan fingerprint density at radius 3 is 2.83 bits per heavy atom. The molecule has 24 heavy (non-hydrogen) atoms. The van der Waals surface area contributed by atoms with Gasteiger partial charge in [0.2, 0.25) is 0 Å². The Labute approximate surface area is 140 Å². The van der Waals surface area contributed by atoms with Gasteiger partial charge >= 0.3 is 0 Å². The van der Waals surface area contributed by atoms with Gasteiger partial charge in [0.25, 0.3) is 5.91 Å². The zero-order valence-corrected chi connectivity index (χ0v) is 13.2. The molecule has 0 aliphatic carbocycles.